The fourth-order valence-electron chi connectivity index (χ4n) is 3.73. The summed E-state index contributed by atoms with van der Waals surface area (Å²) in [5.74, 6) is 0.493. The van der Waals surface area contributed by atoms with Gasteiger partial charge in [-0.3, -0.25) is 4.99 Å². The van der Waals surface area contributed by atoms with Crippen LogP contribution < -0.4 is 10.6 Å². The Morgan fingerprint density at radius 3 is 2.46 bits per heavy atom. The quantitative estimate of drug-likeness (QED) is 0.819. The summed E-state index contributed by atoms with van der Waals surface area (Å²) in [6.07, 6.45) is 2.27. The third-order valence-electron chi connectivity index (χ3n) is 5.41. The molecule has 0 bridgehead atoms. The summed E-state index contributed by atoms with van der Waals surface area (Å²) < 4.78 is 0. The van der Waals surface area contributed by atoms with E-state index in [0.717, 1.165) is 5.36 Å². The SMILES string of the molecule is Cc1cc(C)c(C)c(C2(C)N=c3cccc(C(C)C)c3=CN2C)c1. The van der Waals surface area contributed by atoms with Crippen molar-refractivity contribution in [3.05, 3.63) is 68.7 Å². The van der Waals surface area contributed by atoms with E-state index in [4.69, 9.17) is 4.99 Å². The fraction of sp³-hybridized carbons (Fsp3) is 0.409. The molecule has 1 heterocycles. The molecule has 0 saturated heterocycles. The molecule has 0 aromatic heterocycles. The van der Waals surface area contributed by atoms with Crippen molar-refractivity contribution < 1.29 is 0 Å². The van der Waals surface area contributed by atoms with Gasteiger partial charge in [0.15, 0.2) is 5.66 Å². The zero-order valence-electron chi connectivity index (χ0n) is 15.9. The third-order valence-corrected chi connectivity index (χ3v) is 5.41. The summed E-state index contributed by atoms with van der Waals surface area (Å²) in [4.78, 5) is 7.48. The Labute approximate surface area is 145 Å². The Balaban J connectivity index is 2.30. The molecule has 0 N–H and O–H groups in total. The van der Waals surface area contributed by atoms with E-state index in [0.29, 0.717) is 5.92 Å². The molecular formula is C22H28N2. The fourth-order valence-corrected chi connectivity index (χ4v) is 3.73. The summed E-state index contributed by atoms with van der Waals surface area (Å²) in [6.45, 7) is 13.3. The Bertz CT molecular complexity index is 908. The molecule has 1 atom stereocenters. The lowest BCUT2D eigenvalue weighted by Crippen LogP contribution is -2.47. The van der Waals surface area contributed by atoms with Gasteiger partial charge in [0, 0.05) is 24.0 Å². The molecule has 0 aliphatic carbocycles. The van der Waals surface area contributed by atoms with E-state index in [9.17, 15) is 0 Å². The maximum Gasteiger partial charge on any atom is 0.155 e. The highest BCUT2D eigenvalue weighted by molar-refractivity contribution is 5.44. The Hall–Kier alpha value is -2.09. The number of aryl methyl sites for hydroxylation is 2. The molecule has 0 saturated carbocycles. The monoisotopic (exact) mass is 320 g/mol. The zero-order valence-corrected chi connectivity index (χ0v) is 15.9. The highest BCUT2D eigenvalue weighted by Crippen LogP contribution is 2.34. The lowest BCUT2D eigenvalue weighted by Gasteiger charge is -2.39. The Kier molecular flexibility index (Phi) is 4.03. The van der Waals surface area contributed by atoms with Gasteiger partial charge in [0.25, 0.3) is 0 Å². The van der Waals surface area contributed by atoms with Crippen molar-refractivity contribution in [2.75, 3.05) is 7.05 Å². The molecule has 0 radical (unpaired) electrons. The number of fused-ring (bicyclic) bond motifs is 1. The summed E-state index contributed by atoms with van der Waals surface area (Å²) in [7, 11) is 2.14. The summed E-state index contributed by atoms with van der Waals surface area (Å²) in [5.41, 5.74) is 6.23. The first kappa shape index (κ1) is 16.8. The second-order valence-corrected chi connectivity index (χ2v) is 7.56. The maximum atomic E-state index is 5.21. The molecule has 1 unspecified atom stereocenters. The smallest absolute Gasteiger partial charge is 0.155 e. The standard InChI is InChI=1S/C22H28N2/c1-14(2)18-9-8-10-21-19(18)13-24(7)22(6,23-21)20-12-15(3)11-16(4)17(20)5/h8-14H,1-7H3. The first-order chi connectivity index (χ1) is 11.2. The number of rotatable bonds is 2. The van der Waals surface area contributed by atoms with E-state index in [-0.39, 0.29) is 5.66 Å². The van der Waals surface area contributed by atoms with E-state index >= 15 is 0 Å². The molecule has 0 amide bonds. The van der Waals surface area contributed by atoms with Crippen LogP contribution in [0, 0.1) is 20.8 Å². The Morgan fingerprint density at radius 1 is 1.08 bits per heavy atom. The van der Waals surface area contributed by atoms with Crippen molar-refractivity contribution in [3.63, 3.8) is 0 Å². The number of benzene rings is 2. The average molecular weight is 320 g/mol. The summed E-state index contributed by atoms with van der Waals surface area (Å²) in [6, 6.07) is 11.0. The minimum atomic E-state index is -0.372. The van der Waals surface area contributed by atoms with Gasteiger partial charge in [0.1, 0.15) is 0 Å². The largest absolute Gasteiger partial charge is 0.352 e. The molecule has 1 aliphatic heterocycles. The molecular weight excluding hydrogens is 292 g/mol. The lowest BCUT2D eigenvalue weighted by atomic mass is 9.89. The van der Waals surface area contributed by atoms with Crippen LogP contribution in [0.4, 0.5) is 0 Å². The van der Waals surface area contributed by atoms with Crippen LogP contribution in [-0.4, -0.2) is 11.9 Å². The van der Waals surface area contributed by atoms with Gasteiger partial charge in [0.2, 0.25) is 0 Å². The molecule has 0 spiro atoms. The van der Waals surface area contributed by atoms with Crippen LogP contribution >= 0.6 is 0 Å². The lowest BCUT2D eigenvalue weighted by molar-refractivity contribution is 0.224. The van der Waals surface area contributed by atoms with E-state index < -0.39 is 0 Å². The molecule has 2 aromatic rings. The van der Waals surface area contributed by atoms with Crippen molar-refractivity contribution >= 4 is 6.20 Å². The molecule has 126 valence electrons. The summed E-state index contributed by atoms with van der Waals surface area (Å²) >= 11 is 0. The van der Waals surface area contributed by atoms with Crippen molar-refractivity contribution in [2.45, 2.75) is 53.1 Å². The van der Waals surface area contributed by atoms with Crippen LogP contribution in [0.2, 0.25) is 0 Å². The van der Waals surface area contributed by atoms with Gasteiger partial charge in [-0.25, -0.2) is 0 Å². The van der Waals surface area contributed by atoms with E-state index in [1.807, 2.05) is 0 Å². The van der Waals surface area contributed by atoms with Gasteiger partial charge in [-0.2, -0.15) is 0 Å². The van der Waals surface area contributed by atoms with Crippen LogP contribution in [0.15, 0.2) is 35.3 Å². The predicted octanol–water partition coefficient (Wildman–Crippen LogP) is 3.91. The first-order valence-corrected chi connectivity index (χ1v) is 8.76. The van der Waals surface area contributed by atoms with Gasteiger partial charge in [-0.05, 0) is 56.4 Å². The first-order valence-electron chi connectivity index (χ1n) is 8.76. The van der Waals surface area contributed by atoms with E-state index in [1.165, 1.54) is 33.0 Å². The minimum absolute atomic E-state index is 0.372. The minimum Gasteiger partial charge on any atom is -0.352 e. The van der Waals surface area contributed by atoms with Gasteiger partial charge in [-0.15, -0.1) is 0 Å². The van der Waals surface area contributed by atoms with Gasteiger partial charge in [0.05, 0.1) is 5.36 Å². The van der Waals surface area contributed by atoms with Crippen LogP contribution in [0.25, 0.3) is 6.20 Å². The van der Waals surface area contributed by atoms with Crippen molar-refractivity contribution in [3.8, 4) is 0 Å². The van der Waals surface area contributed by atoms with Gasteiger partial charge in [-0.1, -0.05) is 43.7 Å². The molecule has 2 heteroatoms. The zero-order chi connectivity index (χ0) is 17.6. The van der Waals surface area contributed by atoms with Crippen molar-refractivity contribution in [1.29, 1.82) is 0 Å². The molecule has 1 aliphatic rings. The molecule has 2 nitrogen and oxygen atoms in total. The molecule has 3 rings (SSSR count). The Morgan fingerprint density at radius 2 is 1.79 bits per heavy atom. The number of hydrogen-bond donors (Lipinski definition) is 0. The number of nitrogens with zero attached hydrogens (tertiary/aromatic N) is 2. The van der Waals surface area contributed by atoms with Crippen LogP contribution in [-0.2, 0) is 5.66 Å². The van der Waals surface area contributed by atoms with Gasteiger partial charge < -0.3 is 4.90 Å². The summed E-state index contributed by atoms with van der Waals surface area (Å²) in [5, 5.41) is 2.36. The van der Waals surface area contributed by atoms with Crippen LogP contribution in [0.1, 0.15) is 54.5 Å². The molecule has 24 heavy (non-hydrogen) atoms. The highest BCUT2D eigenvalue weighted by Gasteiger charge is 2.33. The average Bonchev–Trinajstić information content (AvgIpc) is 2.51. The topological polar surface area (TPSA) is 15.6 Å². The number of hydrogen-bond acceptors (Lipinski definition) is 2. The molecule has 0 fully saturated rings. The van der Waals surface area contributed by atoms with Crippen LogP contribution in [0.3, 0.4) is 0 Å². The van der Waals surface area contributed by atoms with Crippen molar-refractivity contribution in [1.82, 2.24) is 4.90 Å². The van der Waals surface area contributed by atoms with Crippen LogP contribution in [0.5, 0.6) is 0 Å². The predicted molar refractivity (Wildman–Crippen MR) is 102 cm³/mol. The van der Waals surface area contributed by atoms with E-state index in [2.05, 4.69) is 90.0 Å². The third kappa shape index (κ3) is 2.54. The normalized spacial score (nSPS) is 19.8. The maximum absolute atomic E-state index is 5.21. The van der Waals surface area contributed by atoms with Crippen molar-refractivity contribution in [2.24, 2.45) is 4.99 Å². The van der Waals surface area contributed by atoms with Gasteiger partial charge >= 0.3 is 0 Å². The second kappa shape index (κ2) is 5.77. The highest BCUT2D eigenvalue weighted by atomic mass is 15.3. The second-order valence-electron chi connectivity index (χ2n) is 7.56. The van der Waals surface area contributed by atoms with E-state index in [1.54, 1.807) is 0 Å². The molecule has 2 aromatic carbocycles.